The Labute approximate surface area is 177 Å². The average Bonchev–Trinajstić information content (AvgIpc) is 3.08. The van der Waals surface area contributed by atoms with Gasteiger partial charge in [-0.1, -0.05) is 23.2 Å². The fourth-order valence-corrected chi connectivity index (χ4v) is 3.53. The first-order valence-electron chi connectivity index (χ1n) is 8.49. The standard InChI is InChI=1S/C20H19Cl2N3O2S/c1-25(2)18-8-5-14(22)9-17(18)24-19(26)10-15-12-28-20(23-15)11-27-16-6-3-13(21)4-7-16/h3-9,12H,10-11H2,1-2H3,(H,24,26). The van der Waals surface area contributed by atoms with Crippen molar-refractivity contribution in [3.05, 3.63) is 68.6 Å². The minimum Gasteiger partial charge on any atom is -0.486 e. The van der Waals surface area contributed by atoms with Crippen LogP contribution < -0.4 is 15.0 Å². The molecule has 0 aliphatic heterocycles. The number of rotatable bonds is 7. The van der Waals surface area contributed by atoms with Crippen molar-refractivity contribution in [2.45, 2.75) is 13.0 Å². The molecule has 0 aliphatic rings. The van der Waals surface area contributed by atoms with Gasteiger partial charge in [-0.15, -0.1) is 11.3 Å². The number of nitrogens with zero attached hydrogens (tertiary/aromatic N) is 2. The van der Waals surface area contributed by atoms with Gasteiger partial charge < -0.3 is 15.0 Å². The van der Waals surface area contributed by atoms with Crippen LogP contribution in [0, 0.1) is 0 Å². The summed E-state index contributed by atoms with van der Waals surface area (Å²) in [6, 6.07) is 12.5. The average molecular weight is 436 g/mol. The number of thiazole rings is 1. The van der Waals surface area contributed by atoms with E-state index in [9.17, 15) is 4.79 Å². The highest BCUT2D eigenvalue weighted by Gasteiger charge is 2.12. The van der Waals surface area contributed by atoms with E-state index >= 15 is 0 Å². The Morgan fingerprint density at radius 1 is 1.14 bits per heavy atom. The lowest BCUT2D eigenvalue weighted by molar-refractivity contribution is -0.115. The Bertz CT molecular complexity index is 958. The number of hydrogen-bond acceptors (Lipinski definition) is 5. The molecule has 0 saturated carbocycles. The van der Waals surface area contributed by atoms with E-state index in [1.165, 1.54) is 11.3 Å². The number of amides is 1. The Balaban J connectivity index is 1.58. The molecule has 2 aromatic carbocycles. The molecule has 1 N–H and O–H groups in total. The third-order valence-corrected chi connectivity index (χ3v) is 5.19. The van der Waals surface area contributed by atoms with Crippen molar-refractivity contribution >= 4 is 51.8 Å². The second-order valence-corrected chi connectivity index (χ2v) is 8.07. The van der Waals surface area contributed by atoms with E-state index in [1.54, 1.807) is 36.4 Å². The molecule has 0 bridgehead atoms. The van der Waals surface area contributed by atoms with Crippen LogP contribution in [0.4, 0.5) is 11.4 Å². The molecule has 28 heavy (non-hydrogen) atoms. The third kappa shape index (κ3) is 5.61. The van der Waals surface area contributed by atoms with Crippen LogP contribution in [0.1, 0.15) is 10.7 Å². The van der Waals surface area contributed by atoms with E-state index in [0.29, 0.717) is 28.0 Å². The zero-order valence-electron chi connectivity index (χ0n) is 15.4. The van der Waals surface area contributed by atoms with Crippen molar-refractivity contribution in [1.82, 2.24) is 4.98 Å². The van der Waals surface area contributed by atoms with E-state index in [2.05, 4.69) is 10.3 Å². The molecule has 5 nitrogen and oxygen atoms in total. The molecule has 0 spiro atoms. The lowest BCUT2D eigenvalue weighted by Crippen LogP contribution is -2.18. The first-order valence-corrected chi connectivity index (χ1v) is 10.1. The Morgan fingerprint density at radius 3 is 2.57 bits per heavy atom. The highest BCUT2D eigenvalue weighted by atomic mass is 35.5. The number of carbonyl (C=O) groups is 1. The van der Waals surface area contributed by atoms with E-state index in [4.69, 9.17) is 27.9 Å². The molecule has 1 heterocycles. The molecule has 8 heteroatoms. The van der Waals surface area contributed by atoms with E-state index in [0.717, 1.165) is 16.4 Å². The van der Waals surface area contributed by atoms with Gasteiger partial charge in [-0.2, -0.15) is 0 Å². The van der Waals surface area contributed by atoms with Crippen LogP contribution in [0.5, 0.6) is 5.75 Å². The van der Waals surface area contributed by atoms with Crippen molar-refractivity contribution in [1.29, 1.82) is 0 Å². The van der Waals surface area contributed by atoms with Crippen molar-refractivity contribution < 1.29 is 9.53 Å². The summed E-state index contributed by atoms with van der Waals surface area (Å²) in [5, 5.41) is 6.80. The molecular weight excluding hydrogens is 417 g/mol. The summed E-state index contributed by atoms with van der Waals surface area (Å²) in [6.07, 6.45) is 0.177. The Morgan fingerprint density at radius 2 is 1.86 bits per heavy atom. The summed E-state index contributed by atoms with van der Waals surface area (Å²) in [5.41, 5.74) is 2.25. The molecule has 0 radical (unpaired) electrons. The van der Waals surface area contributed by atoms with E-state index < -0.39 is 0 Å². The van der Waals surface area contributed by atoms with Crippen LogP contribution in [0.15, 0.2) is 47.8 Å². The lowest BCUT2D eigenvalue weighted by atomic mass is 10.2. The fraction of sp³-hybridized carbons (Fsp3) is 0.200. The van der Waals surface area contributed by atoms with Crippen molar-refractivity contribution in [3.8, 4) is 5.75 Å². The first kappa shape index (κ1) is 20.5. The molecule has 3 rings (SSSR count). The summed E-state index contributed by atoms with van der Waals surface area (Å²) in [5.74, 6) is 0.567. The zero-order chi connectivity index (χ0) is 20.1. The van der Waals surface area contributed by atoms with Gasteiger partial charge in [0.25, 0.3) is 0 Å². The number of ether oxygens (including phenoxy) is 1. The van der Waals surface area contributed by atoms with Crippen LogP contribution in [-0.4, -0.2) is 25.0 Å². The van der Waals surface area contributed by atoms with Gasteiger partial charge >= 0.3 is 0 Å². The molecule has 3 aromatic rings. The van der Waals surface area contributed by atoms with Gasteiger partial charge in [-0.3, -0.25) is 4.79 Å². The molecule has 1 aromatic heterocycles. The predicted octanol–water partition coefficient (Wildman–Crippen LogP) is 5.28. The predicted molar refractivity (Wildman–Crippen MR) is 116 cm³/mol. The van der Waals surface area contributed by atoms with Crippen molar-refractivity contribution in [2.24, 2.45) is 0 Å². The maximum atomic E-state index is 12.4. The molecule has 0 aliphatic carbocycles. The Kier molecular flexibility index (Phi) is 6.78. The Hall–Kier alpha value is -2.28. The monoisotopic (exact) mass is 435 g/mol. The minimum absolute atomic E-state index is 0.152. The molecule has 1 amide bonds. The highest BCUT2D eigenvalue weighted by molar-refractivity contribution is 7.09. The molecule has 0 fully saturated rings. The molecule has 146 valence electrons. The lowest BCUT2D eigenvalue weighted by Gasteiger charge is -2.18. The maximum Gasteiger partial charge on any atom is 0.230 e. The second kappa shape index (κ2) is 9.28. The number of nitrogens with one attached hydrogen (secondary N) is 1. The van der Waals surface area contributed by atoms with Gasteiger partial charge in [-0.05, 0) is 42.5 Å². The summed E-state index contributed by atoms with van der Waals surface area (Å²) in [6.45, 7) is 0.340. The molecule has 0 atom stereocenters. The first-order chi connectivity index (χ1) is 13.4. The van der Waals surface area contributed by atoms with Crippen LogP contribution in [0.2, 0.25) is 10.0 Å². The van der Waals surface area contributed by atoms with Crippen LogP contribution in [0.3, 0.4) is 0 Å². The van der Waals surface area contributed by atoms with Gasteiger partial charge in [0, 0.05) is 29.5 Å². The maximum absolute atomic E-state index is 12.4. The highest BCUT2D eigenvalue weighted by Crippen LogP contribution is 2.28. The van der Waals surface area contributed by atoms with Crippen LogP contribution in [-0.2, 0) is 17.8 Å². The summed E-state index contributed by atoms with van der Waals surface area (Å²) < 4.78 is 5.68. The largest absolute Gasteiger partial charge is 0.486 e. The van der Waals surface area contributed by atoms with Gasteiger partial charge in [0.15, 0.2) is 0 Å². The van der Waals surface area contributed by atoms with Gasteiger partial charge in [-0.25, -0.2) is 4.98 Å². The second-order valence-electron chi connectivity index (χ2n) is 6.26. The summed E-state index contributed by atoms with van der Waals surface area (Å²) >= 11 is 13.4. The van der Waals surface area contributed by atoms with E-state index in [-0.39, 0.29) is 12.3 Å². The zero-order valence-corrected chi connectivity index (χ0v) is 17.7. The number of aromatic nitrogens is 1. The molecule has 0 saturated heterocycles. The number of carbonyl (C=O) groups excluding carboxylic acids is 1. The number of halogens is 2. The normalized spacial score (nSPS) is 10.6. The summed E-state index contributed by atoms with van der Waals surface area (Å²) in [7, 11) is 3.82. The SMILES string of the molecule is CN(C)c1ccc(Cl)cc1NC(=O)Cc1csc(COc2ccc(Cl)cc2)n1. The number of hydrogen-bond donors (Lipinski definition) is 1. The number of benzene rings is 2. The molecule has 0 unspecified atom stereocenters. The smallest absolute Gasteiger partial charge is 0.230 e. The summed E-state index contributed by atoms with van der Waals surface area (Å²) in [4.78, 5) is 18.8. The number of anilines is 2. The topological polar surface area (TPSA) is 54.5 Å². The molecular formula is C20H19Cl2N3O2S. The third-order valence-electron chi connectivity index (χ3n) is 3.83. The van der Waals surface area contributed by atoms with Crippen molar-refractivity contribution in [3.63, 3.8) is 0 Å². The van der Waals surface area contributed by atoms with Crippen molar-refractivity contribution in [2.75, 3.05) is 24.3 Å². The van der Waals surface area contributed by atoms with Gasteiger partial charge in [0.1, 0.15) is 17.4 Å². The quantitative estimate of drug-likeness (QED) is 0.548. The van der Waals surface area contributed by atoms with Gasteiger partial charge in [0.05, 0.1) is 23.5 Å². The van der Waals surface area contributed by atoms with Gasteiger partial charge in [0.2, 0.25) is 5.91 Å². The fourth-order valence-electron chi connectivity index (χ4n) is 2.53. The van der Waals surface area contributed by atoms with E-state index in [1.807, 2.05) is 30.4 Å². The van der Waals surface area contributed by atoms with Crippen LogP contribution >= 0.6 is 34.5 Å². The van der Waals surface area contributed by atoms with Crippen LogP contribution in [0.25, 0.3) is 0 Å². The minimum atomic E-state index is -0.152.